The molecule has 6 nitrogen and oxygen atoms in total. The Morgan fingerprint density at radius 3 is 2.55 bits per heavy atom. The topological polar surface area (TPSA) is 68.5 Å². The summed E-state index contributed by atoms with van der Waals surface area (Å²) < 4.78 is 24.2. The highest BCUT2D eigenvalue weighted by Crippen LogP contribution is 2.22. The van der Waals surface area contributed by atoms with Gasteiger partial charge in [0.05, 0.1) is 11.8 Å². The Balaban J connectivity index is 1.48. The highest BCUT2D eigenvalue weighted by molar-refractivity contribution is 7.99. The predicted molar refractivity (Wildman–Crippen MR) is 108 cm³/mol. The molecule has 0 saturated heterocycles. The van der Waals surface area contributed by atoms with Crippen molar-refractivity contribution in [2.75, 3.05) is 12.8 Å². The van der Waals surface area contributed by atoms with Crippen molar-refractivity contribution in [2.24, 2.45) is 0 Å². The summed E-state index contributed by atoms with van der Waals surface area (Å²) in [6.07, 6.45) is 0. The Kier molecular flexibility index (Phi) is 6.87. The molecule has 0 aliphatic carbocycles. The fraction of sp³-hybridized carbons (Fsp3) is 0.286. The van der Waals surface area contributed by atoms with Crippen molar-refractivity contribution in [3.8, 4) is 5.75 Å². The van der Waals surface area contributed by atoms with E-state index in [2.05, 4.69) is 10.2 Å². The molecule has 29 heavy (non-hydrogen) atoms. The van der Waals surface area contributed by atoms with Gasteiger partial charge in [0.25, 0.3) is 11.1 Å². The van der Waals surface area contributed by atoms with Crippen LogP contribution in [-0.4, -0.2) is 33.8 Å². The molecule has 1 unspecified atom stereocenters. The average molecular weight is 415 g/mol. The minimum Gasteiger partial charge on any atom is -0.484 e. The minimum absolute atomic E-state index is 0.0949. The van der Waals surface area contributed by atoms with Crippen LogP contribution in [0.25, 0.3) is 0 Å². The van der Waals surface area contributed by atoms with Gasteiger partial charge < -0.3 is 14.1 Å². The van der Waals surface area contributed by atoms with Crippen molar-refractivity contribution >= 4 is 17.7 Å². The maximum atomic E-state index is 13.1. The first-order valence-corrected chi connectivity index (χ1v) is 10.1. The van der Waals surface area contributed by atoms with E-state index >= 15 is 0 Å². The minimum atomic E-state index is -0.302. The number of halogens is 1. The fourth-order valence-corrected chi connectivity index (χ4v) is 3.24. The number of thioether (sulfide) groups is 1. The van der Waals surface area contributed by atoms with E-state index in [-0.39, 0.29) is 30.1 Å². The van der Waals surface area contributed by atoms with E-state index in [9.17, 15) is 9.18 Å². The summed E-state index contributed by atoms with van der Waals surface area (Å²) in [6.45, 7) is 4.06. The molecule has 0 aliphatic rings. The standard InChI is InChI=1S/C21H22FN3O3S/c1-14-4-10-18(11-5-14)27-12-19-23-24-21(28-19)29-13-20(26)25(3)15(2)16-6-8-17(22)9-7-16/h4-11,15H,12-13H2,1-3H3. The molecule has 1 atom stereocenters. The molecule has 0 aliphatic heterocycles. The van der Waals surface area contributed by atoms with Crippen molar-refractivity contribution in [3.63, 3.8) is 0 Å². The molecule has 0 N–H and O–H groups in total. The van der Waals surface area contributed by atoms with Crippen molar-refractivity contribution in [2.45, 2.75) is 31.7 Å². The molecule has 0 fully saturated rings. The molecule has 8 heteroatoms. The molecule has 0 saturated carbocycles. The molecule has 2 aromatic carbocycles. The molecule has 0 spiro atoms. The van der Waals surface area contributed by atoms with Crippen LogP contribution in [0.3, 0.4) is 0 Å². The van der Waals surface area contributed by atoms with E-state index in [0.717, 1.165) is 16.9 Å². The molecular weight excluding hydrogens is 393 g/mol. The van der Waals surface area contributed by atoms with Crippen LogP contribution in [0.15, 0.2) is 58.2 Å². The van der Waals surface area contributed by atoms with Crippen molar-refractivity contribution in [1.29, 1.82) is 0 Å². The lowest BCUT2D eigenvalue weighted by Gasteiger charge is -2.25. The Morgan fingerprint density at radius 1 is 1.17 bits per heavy atom. The van der Waals surface area contributed by atoms with Gasteiger partial charge in [0, 0.05) is 7.05 Å². The van der Waals surface area contributed by atoms with Gasteiger partial charge in [0.1, 0.15) is 11.6 Å². The monoisotopic (exact) mass is 415 g/mol. The highest BCUT2D eigenvalue weighted by Gasteiger charge is 2.19. The zero-order valence-electron chi connectivity index (χ0n) is 16.5. The third kappa shape index (κ3) is 5.80. The molecule has 3 rings (SSSR count). The number of aromatic nitrogens is 2. The quantitative estimate of drug-likeness (QED) is 0.508. The molecule has 1 aromatic heterocycles. The number of nitrogens with zero attached hydrogens (tertiary/aromatic N) is 3. The molecule has 152 valence electrons. The summed E-state index contributed by atoms with van der Waals surface area (Å²) in [5.74, 6) is 0.817. The number of aryl methyl sites for hydroxylation is 1. The Bertz CT molecular complexity index is 945. The molecule has 1 heterocycles. The summed E-state index contributed by atoms with van der Waals surface area (Å²) in [4.78, 5) is 14.1. The van der Waals surface area contributed by atoms with Crippen LogP contribution in [-0.2, 0) is 11.4 Å². The van der Waals surface area contributed by atoms with E-state index in [4.69, 9.17) is 9.15 Å². The van der Waals surface area contributed by atoms with E-state index < -0.39 is 0 Å². The van der Waals surface area contributed by atoms with E-state index in [0.29, 0.717) is 11.1 Å². The fourth-order valence-electron chi connectivity index (χ4n) is 2.54. The Labute approximate surface area is 173 Å². The van der Waals surface area contributed by atoms with Gasteiger partial charge in [0.15, 0.2) is 6.61 Å². The second-order valence-electron chi connectivity index (χ2n) is 6.58. The van der Waals surface area contributed by atoms with Crippen LogP contribution in [0.4, 0.5) is 4.39 Å². The predicted octanol–water partition coefficient (Wildman–Crippen LogP) is 4.41. The van der Waals surface area contributed by atoms with Crippen molar-refractivity contribution in [3.05, 3.63) is 71.4 Å². The van der Waals surface area contributed by atoms with Gasteiger partial charge >= 0.3 is 0 Å². The van der Waals surface area contributed by atoms with Gasteiger partial charge in [0.2, 0.25) is 5.91 Å². The second-order valence-corrected chi connectivity index (χ2v) is 7.51. The number of amides is 1. The normalized spacial score (nSPS) is 11.9. The summed E-state index contributed by atoms with van der Waals surface area (Å²) in [7, 11) is 1.71. The van der Waals surface area contributed by atoms with Gasteiger partial charge in [-0.2, -0.15) is 0 Å². The number of carbonyl (C=O) groups excluding carboxylic acids is 1. The third-order valence-corrected chi connectivity index (χ3v) is 5.28. The van der Waals surface area contributed by atoms with Crippen LogP contribution < -0.4 is 4.74 Å². The first-order valence-electron chi connectivity index (χ1n) is 9.08. The Hall–Kier alpha value is -2.87. The van der Waals surface area contributed by atoms with E-state index in [1.54, 1.807) is 24.1 Å². The lowest BCUT2D eigenvalue weighted by Crippen LogP contribution is -2.31. The number of carbonyl (C=O) groups is 1. The van der Waals surface area contributed by atoms with Crippen molar-refractivity contribution < 1.29 is 18.3 Å². The first kappa shape index (κ1) is 20.9. The number of benzene rings is 2. The molecule has 1 amide bonds. The molecule has 0 bridgehead atoms. The maximum Gasteiger partial charge on any atom is 0.277 e. The molecule has 0 radical (unpaired) electrons. The van der Waals surface area contributed by atoms with Gasteiger partial charge in [-0.3, -0.25) is 4.79 Å². The smallest absolute Gasteiger partial charge is 0.277 e. The van der Waals surface area contributed by atoms with E-state index in [1.807, 2.05) is 38.1 Å². The number of hydrogen-bond donors (Lipinski definition) is 0. The summed E-state index contributed by atoms with van der Waals surface area (Å²) in [5, 5.41) is 8.19. The molecule has 3 aromatic rings. The second kappa shape index (κ2) is 9.56. The summed E-state index contributed by atoms with van der Waals surface area (Å²) in [6, 6.07) is 13.6. The zero-order chi connectivity index (χ0) is 20.8. The lowest BCUT2D eigenvalue weighted by atomic mass is 10.1. The summed E-state index contributed by atoms with van der Waals surface area (Å²) in [5.41, 5.74) is 2.01. The van der Waals surface area contributed by atoms with Gasteiger partial charge in [-0.05, 0) is 43.7 Å². The van der Waals surface area contributed by atoms with Gasteiger partial charge in [-0.1, -0.05) is 41.6 Å². The van der Waals surface area contributed by atoms with E-state index in [1.165, 1.54) is 23.9 Å². The number of ether oxygens (including phenoxy) is 1. The van der Waals surface area contributed by atoms with Gasteiger partial charge in [-0.25, -0.2) is 4.39 Å². The number of hydrogen-bond acceptors (Lipinski definition) is 6. The lowest BCUT2D eigenvalue weighted by molar-refractivity contribution is -0.128. The SMILES string of the molecule is Cc1ccc(OCc2nnc(SCC(=O)N(C)C(C)c3ccc(F)cc3)o2)cc1. The van der Waals surface area contributed by atoms with Crippen molar-refractivity contribution in [1.82, 2.24) is 15.1 Å². The highest BCUT2D eigenvalue weighted by atomic mass is 32.2. The largest absolute Gasteiger partial charge is 0.484 e. The van der Waals surface area contributed by atoms with Crippen LogP contribution in [0.2, 0.25) is 0 Å². The van der Waals surface area contributed by atoms with Crippen LogP contribution >= 0.6 is 11.8 Å². The van der Waals surface area contributed by atoms with Crippen LogP contribution in [0, 0.1) is 12.7 Å². The van der Waals surface area contributed by atoms with Crippen LogP contribution in [0.5, 0.6) is 5.75 Å². The van der Waals surface area contributed by atoms with Gasteiger partial charge in [-0.15, -0.1) is 10.2 Å². The molecular formula is C21H22FN3O3S. The summed E-state index contributed by atoms with van der Waals surface area (Å²) >= 11 is 1.17. The zero-order valence-corrected chi connectivity index (χ0v) is 17.3. The Morgan fingerprint density at radius 2 is 1.86 bits per heavy atom. The maximum absolute atomic E-state index is 13.1. The van der Waals surface area contributed by atoms with Crippen LogP contribution in [0.1, 0.15) is 30.0 Å². The first-order chi connectivity index (χ1) is 13.9. The number of rotatable bonds is 8. The third-order valence-electron chi connectivity index (χ3n) is 4.48. The average Bonchev–Trinajstić information content (AvgIpc) is 3.19.